The Hall–Kier alpha value is -1.66. The highest BCUT2D eigenvalue weighted by atomic mass is 35.5. The van der Waals surface area contributed by atoms with E-state index in [0.29, 0.717) is 5.56 Å². The van der Waals surface area contributed by atoms with Crippen molar-refractivity contribution in [3.63, 3.8) is 0 Å². The van der Waals surface area contributed by atoms with E-state index in [1.807, 2.05) is 0 Å². The standard InChI is InChI=1S/C17H19ClFNO4/c1-2-24-17(22)16(10-3-4-10)20-14(8-23-9-15(20)21)11-5-6-12(18)13(19)7-11/h5-7,10,14,16H,2-4,8-9H2,1H3. The van der Waals surface area contributed by atoms with Gasteiger partial charge in [0.25, 0.3) is 0 Å². The van der Waals surface area contributed by atoms with Crippen LogP contribution in [0.25, 0.3) is 0 Å². The lowest BCUT2D eigenvalue weighted by Gasteiger charge is -2.40. The molecule has 1 amide bonds. The van der Waals surface area contributed by atoms with Gasteiger partial charge in [-0.2, -0.15) is 0 Å². The first kappa shape index (κ1) is 17.2. The van der Waals surface area contributed by atoms with Gasteiger partial charge in [0.05, 0.1) is 24.3 Å². The van der Waals surface area contributed by atoms with Gasteiger partial charge in [-0.25, -0.2) is 9.18 Å². The number of rotatable bonds is 5. The van der Waals surface area contributed by atoms with Gasteiger partial charge in [-0.05, 0) is 43.4 Å². The zero-order chi connectivity index (χ0) is 17.3. The van der Waals surface area contributed by atoms with E-state index < -0.39 is 23.9 Å². The zero-order valence-corrected chi connectivity index (χ0v) is 14.1. The molecule has 24 heavy (non-hydrogen) atoms. The number of nitrogens with zero attached hydrogens (tertiary/aromatic N) is 1. The normalized spacial score (nSPS) is 22.4. The molecule has 2 fully saturated rings. The van der Waals surface area contributed by atoms with Crippen molar-refractivity contribution in [2.45, 2.75) is 31.8 Å². The van der Waals surface area contributed by atoms with Crippen molar-refractivity contribution in [1.29, 1.82) is 0 Å². The van der Waals surface area contributed by atoms with Crippen LogP contribution in [0.15, 0.2) is 18.2 Å². The summed E-state index contributed by atoms with van der Waals surface area (Å²) in [6.07, 6.45) is 1.74. The quantitative estimate of drug-likeness (QED) is 0.762. The van der Waals surface area contributed by atoms with Gasteiger partial charge in [-0.15, -0.1) is 0 Å². The molecule has 1 saturated heterocycles. The predicted octanol–water partition coefficient (Wildman–Crippen LogP) is 2.72. The number of hydrogen-bond acceptors (Lipinski definition) is 4. The topological polar surface area (TPSA) is 55.8 Å². The van der Waals surface area contributed by atoms with Crippen LogP contribution in [-0.4, -0.2) is 42.6 Å². The maximum Gasteiger partial charge on any atom is 0.329 e. The summed E-state index contributed by atoms with van der Waals surface area (Å²) < 4.78 is 24.3. The van der Waals surface area contributed by atoms with Crippen molar-refractivity contribution in [2.75, 3.05) is 19.8 Å². The highest BCUT2D eigenvalue weighted by Gasteiger charge is 2.47. The summed E-state index contributed by atoms with van der Waals surface area (Å²) in [5, 5.41) is 0.0116. The second-order valence-electron chi connectivity index (χ2n) is 6.04. The highest BCUT2D eigenvalue weighted by Crippen LogP contribution is 2.40. The minimum absolute atomic E-state index is 0.0116. The van der Waals surface area contributed by atoms with Crippen LogP contribution in [0.4, 0.5) is 4.39 Å². The maximum absolute atomic E-state index is 13.8. The van der Waals surface area contributed by atoms with Crippen molar-refractivity contribution in [3.8, 4) is 0 Å². The molecule has 0 spiro atoms. The number of amides is 1. The number of halogens is 2. The number of hydrogen-bond donors (Lipinski definition) is 0. The Labute approximate surface area is 144 Å². The van der Waals surface area contributed by atoms with Gasteiger partial charge in [0.1, 0.15) is 18.5 Å². The number of ether oxygens (including phenoxy) is 2. The lowest BCUT2D eigenvalue weighted by Crippen LogP contribution is -2.54. The fraction of sp³-hybridized carbons (Fsp3) is 0.529. The second kappa shape index (κ2) is 7.07. The SMILES string of the molecule is CCOC(=O)C(C1CC1)N1C(=O)COCC1c1ccc(Cl)c(F)c1. The summed E-state index contributed by atoms with van der Waals surface area (Å²) in [5.41, 5.74) is 0.555. The second-order valence-corrected chi connectivity index (χ2v) is 6.45. The summed E-state index contributed by atoms with van der Waals surface area (Å²) >= 11 is 5.74. The number of carbonyl (C=O) groups is 2. The third-order valence-electron chi connectivity index (χ3n) is 4.35. The van der Waals surface area contributed by atoms with Crippen LogP contribution < -0.4 is 0 Å². The molecular formula is C17H19ClFNO4. The number of carbonyl (C=O) groups excluding carboxylic acids is 2. The molecule has 130 valence electrons. The molecule has 2 aliphatic rings. The Morgan fingerprint density at radius 1 is 1.50 bits per heavy atom. The van der Waals surface area contributed by atoms with E-state index in [0.717, 1.165) is 12.8 Å². The Bertz CT molecular complexity index is 649. The van der Waals surface area contributed by atoms with Crippen LogP contribution in [0, 0.1) is 11.7 Å². The lowest BCUT2D eigenvalue weighted by atomic mass is 10.00. The summed E-state index contributed by atoms with van der Waals surface area (Å²) in [5.74, 6) is -1.17. The first-order chi connectivity index (χ1) is 11.5. The molecule has 1 aliphatic carbocycles. The monoisotopic (exact) mass is 355 g/mol. The molecule has 5 nitrogen and oxygen atoms in total. The summed E-state index contributed by atoms with van der Waals surface area (Å²) in [4.78, 5) is 26.4. The van der Waals surface area contributed by atoms with Crippen LogP contribution in [0.3, 0.4) is 0 Å². The van der Waals surface area contributed by atoms with Crippen molar-refractivity contribution in [2.24, 2.45) is 5.92 Å². The molecule has 1 heterocycles. The van der Waals surface area contributed by atoms with E-state index in [1.165, 1.54) is 17.0 Å². The first-order valence-corrected chi connectivity index (χ1v) is 8.41. The molecule has 0 N–H and O–H groups in total. The molecule has 1 aliphatic heterocycles. The van der Waals surface area contributed by atoms with Crippen LogP contribution >= 0.6 is 11.6 Å². The molecular weight excluding hydrogens is 337 g/mol. The fourth-order valence-electron chi connectivity index (χ4n) is 3.08. The van der Waals surface area contributed by atoms with E-state index in [2.05, 4.69) is 0 Å². The Kier molecular flexibility index (Phi) is 5.06. The predicted molar refractivity (Wildman–Crippen MR) is 85.0 cm³/mol. The number of morpholine rings is 1. The zero-order valence-electron chi connectivity index (χ0n) is 13.3. The van der Waals surface area contributed by atoms with Gasteiger partial charge in [0.2, 0.25) is 5.91 Å². The van der Waals surface area contributed by atoms with Crippen LogP contribution in [-0.2, 0) is 19.1 Å². The Morgan fingerprint density at radius 3 is 2.88 bits per heavy atom. The Balaban J connectivity index is 1.94. The van der Waals surface area contributed by atoms with Crippen LogP contribution in [0.1, 0.15) is 31.4 Å². The third-order valence-corrected chi connectivity index (χ3v) is 4.66. The maximum atomic E-state index is 13.8. The van der Waals surface area contributed by atoms with Crippen molar-refractivity contribution in [1.82, 2.24) is 4.90 Å². The lowest BCUT2D eigenvalue weighted by molar-refractivity contribution is -0.167. The molecule has 1 saturated carbocycles. The summed E-state index contributed by atoms with van der Waals surface area (Å²) in [6, 6.07) is 3.20. The van der Waals surface area contributed by atoms with E-state index >= 15 is 0 Å². The van der Waals surface area contributed by atoms with E-state index in [9.17, 15) is 14.0 Å². The molecule has 0 radical (unpaired) electrons. The third kappa shape index (κ3) is 3.39. The van der Waals surface area contributed by atoms with Gasteiger partial charge in [0, 0.05) is 0 Å². The Morgan fingerprint density at radius 2 is 2.25 bits per heavy atom. The first-order valence-electron chi connectivity index (χ1n) is 8.03. The molecule has 1 aromatic carbocycles. The fourth-order valence-corrected chi connectivity index (χ4v) is 3.20. The average Bonchev–Trinajstić information content (AvgIpc) is 3.37. The minimum Gasteiger partial charge on any atom is -0.464 e. The summed E-state index contributed by atoms with van der Waals surface area (Å²) in [7, 11) is 0. The number of esters is 1. The van der Waals surface area contributed by atoms with Crippen molar-refractivity contribution < 1.29 is 23.5 Å². The van der Waals surface area contributed by atoms with Gasteiger partial charge in [-0.3, -0.25) is 4.79 Å². The molecule has 0 bridgehead atoms. The largest absolute Gasteiger partial charge is 0.464 e. The molecule has 2 unspecified atom stereocenters. The van der Waals surface area contributed by atoms with Crippen molar-refractivity contribution >= 4 is 23.5 Å². The van der Waals surface area contributed by atoms with Gasteiger partial charge in [-0.1, -0.05) is 17.7 Å². The molecule has 3 rings (SSSR count). The van der Waals surface area contributed by atoms with Crippen LogP contribution in [0.5, 0.6) is 0 Å². The minimum atomic E-state index is -0.648. The van der Waals surface area contributed by atoms with E-state index in [4.69, 9.17) is 21.1 Å². The average molecular weight is 356 g/mol. The molecule has 0 aromatic heterocycles. The molecule has 7 heteroatoms. The van der Waals surface area contributed by atoms with Gasteiger partial charge < -0.3 is 14.4 Å². The smallest absolute Gasteiger partial charge is 0.329 e. The van der Waals surface area contributed by atoms with Gasteiger partial charge >= 0.3 is 5.97 Å². The van der Waals surface area contributed by atoms with Crippen molar-refractivity contribution in [3.05, 3.63) is 34.6 Å². The van der Waals surface area contributed by atoms with E-state index in [1.54, 1.807) is 13.0 Å². The van der Waals surface area contributed by atoms with Gasteiger partial charge in [0.15, 0.2) is 0 Å². The number of benzene rings is 1. The van der Waals surface area contributed by atoms with E-state index in [-0.39, 0.29) is 36.7 Å². The summed E-state index contributed by atoms with van der Waals surface area (Å²) in [6.45, 7) is 2.10. The molecule has 1 aromatic rings. The highest BCUT2D eigenvalue weighted by molar-refractivity contribution is 6.30. The molecule has 2 atom stereocenters. The van der Waals surface area contributed by atoms with Crippen LogP contribution in [0.2, 0.25) is 5.02 Å².